The molecule has 5 heterocycles. The van der Waals surface area contributed by atoms with Crippen LogP contribution < -0.4 is 4.90 Å². The van der Waals surface area contributed by atoms with Crippen LogP contribution in [0.1, 0.15) is 47.8 Å². The van der Waals surface area contributed by atoms with Gasteiger partial charge in [-0.2, -0.15) is 18.3 Å². The fourth-order valence-electron chi connectivity index (χ4n) is 4.24. The molecule has 35 heavy (non-hydrogen) atoms. The van der Waals surface area contributed by atoms with Crippen LogP contribution in [0.25, 0.3) is 5.65 Å². The predicted octanol–water partition coefficient (Wildman–Crippen LogP) is 3.38. The van der Waals surface area contributed by atoms with E-state index in [0.29, 0.717) is 11.5 Å². The Kier molecular flexibility index (Phi) is 7.17. The lowest BCUT2D eigenvalue weighted by Crippen LogP contribution is -2.38. The van der Waals surface area contributed by atoms with Crippen molar-refractivity contribution >= 4 is 23.2 Å². The first-order chi connectivity index (χ1) is 16.7. The van der Waals surface area contributed by atoms with Gasteiger partial charge in [-0.05, 0) is 49.9 Å². The van der Waals surface area contributed by atoms with E-state index < -0.39 is 12.1 Å². The third-order valence-corrected chi connectivity index (χ3v) is 6.12. The van der Waals surface area contributed by atoms with E-state index in [4.69, 9.17) is 20.0 Å². The molecular weight excluding hydrogens is 465 g/mol. The zero-order valence-corrected chi connectivity index (χ0v) is 18.9. The molecule has 0 saturated carbocycles. The Morgan fingerprint density at radius 2 is 1.60 bits per heavy atom. The molecular formula is C23H25F3N6O3. The van der Waals surface area contributed by atoms with E-state index in [1.807, 2.05) is 9.42 Å². The number of hydrogen-bond donors (Lipinski definition) is 1. The topological polar surface area (TPSA) is 104 Å². The Morgan fingerprint density at radius 1 is 0.971 bits per heavy atom. The van der Waals surface area contributed by atoms with Gasteiger partial charge in [0.05, 0.1) is 11.9 Å². The van der Waals surface area contributed by atoms with Gasteiger partial charge in [0, 0.05) is 50.1 Å². The normalized spacial score (nSPS) is 16.8. The number of carbonyl (C=O) groups excluding carboxylic acids is 1. The lowest BCUT2D eigenvalue weighted by atomic mass is 9.96. The van der Waals surface area contributed by atoms with Crippen LogP contribution in [0.15, 0.2) is 42.9 Å². The second-order valence-electron chi connectivity index (χ2n) is 8.46. The molecule has 12 heteroatoms. The molecule has 186 valence electrons. The number of alkyl halides is 3. The third kappa shape index (κ3) is 5.87. The van der Waals surface area contributed by atoms with E-state index in [1.165, 1.54) is 18.5 Å². The van der Waals surface area contributed by atoms with Gasteiger partial charge < -0.3 is 14.9 Å². The van der Waals surface area contributed by atoms with Gasteiger partial charge in [-0.25, -0.2) is 14.3 Å². The fourth-order valence-corrected chi connectivity index (χ4v) is 4.24. The highest BCUT2D eigenvalue weighted by Gasteiger charge is 2.38. The number of fused-ring (bicyclic) bond motifs is 1. The van der Waals surface area contributed by atoms with Crippen molar-refractivity contribution in [1.82, 2.24) is 24.5 Å². The molecule has 0 bridgehead atoms. The minimum Gasteiger partial charge on any atom is -0.475 e. The summed E-state index contributed by atoms with van der Waals surface area (Å²) in [5.41, 5.74) is 2.82. The smallest absolute Gasteiger partial charge is 0.475 e. The number of nitrogens with zero attached hydrogens (tertiary/aromatic N) is 6. The maximum atomic E-state index is 12.6. The zero-order valence-electron chi connectivity index (χ0n) is 18.9. The molecule has 0 atom stereocenters. The van der Waals surface area contributed by atoms with Crippen LogP contribution in [0, 0.1) is 0 Å². The highest BCUT2D eigenvalue weighted by Crippen LogP contribution is 2.28. The monoisotopic (exact) mass is 490 g/mol. The van der Waals surface area contributed by atoms with Gasteiger partial charge in [0.15, 0.2) is 11.5 Å². The number of aromatic nitrogens is 4. The number of carboxylic acid groups (broad SMARTS) is 1. The largest absolute Gasteiger partial charge is 0.490 e. The first-order valence-corrected chi connectivity index (χ1v) is 11.3. The van der Waals surface area contributed by atoms with Crippen LogP contribution in [0.3, 0.4) is 0 Å². The average molecular weight is 490 g/mol. The average Bonchev–Trinajstić information content (AvgIpc) is 3.54. The molecule has 0 spiro atoms. The molecule has 0 aromatic carbocycles. The second kappa shape index (κ2) is 10.3. The molecule has 3 aromatic rings. The van der Waals surface area contributed by atoms with Crippen LogP contribution in [-0.2, 0) is 4.79 Å². The summed E-state index contributed by atoms with van der Waals surface area (Å²) in [6.45, 7) is 3.72. The Bertz CT molecular complexity index is 1170. The van der Waals surface area contributed by atoms with Gasteiger partial charge in [0.1, 0.15) is 0 Å². The molecule has 1 amide bonds. The minimum atomic E-state index is -5.08. The molecule has 2 saturated heterocycles. The number of hydrogen-bond acceptors (Lipinski definition) is 6. The highest BCUT2D eigenvalue weighted by molar-refractivity contribution is 5.94. The van der Waals surface area contributed by atoms with Crippen LogP contribution >= 0.6 is 0 Å². The van der Waals surface area contributed by atoms with E-state index in [2.05, 4.69) is 28.2 Å². The number of carboxylic acids is 1. The number of piperidine rings is 1. The molecule has 2 aliphatic heterocycles. The molecule has 2 aliphatic rings. The third-order valence-electron chi connectivity index (χ3n) is 6.12. The highest BCUT2D eigenvalue weighted by atomic mass is 19.4. The first-order valence-electron chi connectivity index (χ1n) is 11.3. The van der Waals surface area contributed by atoms with E-state index >= 15 is 0 Å². The summed E-state index contributed by atoms with van der Waals surface area (Å²) in [4.78, 5) is 34.6. The van der Waals surface area contributed by atoms with Gasteiger partial charge >= 0.3 is 12.1 Å². The van der Waals surface area contributed by atoms with Crippen LogP contribution in [0.4, 0.5) is 18.9 Å². The summed E-state index contributed by atoms with van der Waals surface area (Å²) in [6.07, 6.45) is 4.65. The number of amides is 1. The summed E-state index contributed by atoms with van der Waals surface area (Å²) in [6, 6.07) is 7.76. The molecule has 9 nitrogen and oxygen atoms in total. The Balaban J connectivity index is 0.000000364. The number of aliphatic carboxylic acids is 1. The van der Waals surface area contributed by atoms with Crippen LogP contribution in [-0.4, -0.2) is 73.8 Å². The number of likely N-dealkylation sites (tertiary alicyclic amines) is 1. The lowest BCUT2D eigenvalue weighted by molar-refractivity contribution is -0.192. The summed E-state index contributed by atoms with van der Waals surface area (Å²) >= 11 is 0. The van der Waals surface area contributed by atoms with Crippen molar-refractivity contribution in [3.8, 4) is 0 Å². The van der Waals surface area contributed by atoms with Gasteiger partial charge in [0.2, 0.25) is 0 Å². The van der Waals surface area contributed by atoms with E-state index in [-0.39, 0.29) is 5.91 Å². The maximum absolute atomic E-state index is 12.6. The predicted molar refractivity (Wildman–Crippen MR) is 120 cm³/mol. The first kappa shape index (κ1) is 24.4. The lowest BCUT2D eigenvalue weighted by Gasteiger charge is -2.30. The van der Waals surface area contributed by atoms with Crippen molar-refractivity contribution in [2.24, 2.45) is 0 Å². The number of rotatable bonds is 3. The summed E-state index contributed by atoms with van der Waals surface area (Å²) in [5, 5.41) is 11.9. The fraction of sp³-hybridized carbons (Fsp3) is 0.435. The van der Waals surface area contributed by atoms with Crippen LogP contribution in [0.5, 0.6) is 0 Å². The summed E-state index contributed by atoms with van der Waals surface area (Å²) < 4.78 is 33.7. The van der Waals surface area contributed by atoms with E-state index in [0.717, 1.165) is 50.5 Å². The summed E-state index contributed by atoms with van der Waals surface area (Å²) in [7, 11) is 0. The van der Waals surface area contributed by atoms with Gasteiger partial charge in [-0.1, -0.05) is 0 Å². The van der Waals surface area contributed by atoms with Crippen molar-refractivity contribution in [1.29, 1.82) is 0 Å². The van der Waals surface area contributed by atoms with Crippen molar-refractivity contribution < 1.29 is 27.9 Å². The standard InChI is InChI=1S/C21H24N6O.C2HF3O2/c28-21(17-5-9-22-10-6-17)26-13-7-16(8-14-26)20-23-19-4-3-18(15-27(19)24-20)25-11-1-2-12-25;3-2(4,5)1(6)7/h3-6,9-10,15-16H,1-2,7-8,11-14H2;(H,6,7). The molecule has 1 N–H and O–H groups in total. The quantitative estimate of drug-likeness (QED) is 0.600. The number of anilines is 1. The minimum absolute atomic E-state index is 0.0825. The molecule has 0 radical (unpaired) electrons. The SMILES string of the molecule is O=C(O)C(F)(F)F.O=C(c1ccncc1)N1CCC(c2nc3ccc(N4CCCC4)cn3n2)CC1. The molecule has 0 aliphatic carbocycles. The Morgan fingerprint density at radius 3 is 2.20 bits per heavy atom. The molecule has 2 fully saturated rings. The number of carbonyl (C=O) groups is 2. The molecule has 3 aromatic heterocycles. The van der Waals surface area contributed by atoms with E-state index in [9.17, 15) is 18.0 Å². The number of pyridine rings is 2. The van der Waals surface area contributed by atoms with Gasteiger partial charge in [0.25, 0.3) is 5.91 Å². The van der Waals surface area contributed by atoms with Crippen molar-refractivity contribution in [2.75, 3.05) is 31.1 Å². The van der Waals surface area contributed by atoms with Crippen molar-refractivity contribution in [3.05, 3.63) is 54.2 Å². The molecule has 5 rings (SSSR count). The Labute approximate surface area is 199 Å². The van der Waals surface area contributed by atoms with Crippen LogP contribution in [0.2, 0.25) is 0 Å². The summed E-state index contributed by atoms with van der Waals surface area (Å²) in [5.74, 6) is -1.47. The van der Waals surface area contributed by atoms with Crippen molar-refractivity contribution in [2.45, 2.75) is 37.8 Å². The van der Waals surface area contributed by atoms with Gasteiger partial charge in [-0.15, -0.1) is 0 Å². The number of halogens is 3. The van der Waals surface area contributed by atoms with Crippen molar-refractivity contribution in [3.63, 3.8) is 0 Å². The molecule has 0 unspecified atom stereocenters. The Hall–Kier alpha value is -3.70. The van der Waals surface area contributed by atoms with Gasteiger partial charge in [-0.3, -0.25) is 9.78 Å². The zero-order chi connectivity index (χ0) is 25.0. The maximum Gasteiger partial charge on any atom is 0.490 e. The van der Waals surface area contributed by atoms with E-state index in [1.54, 1.807) is 24.5 Å². The second-order valence-corrected chi connectivity index (χ2v) is 8.46.